The first-order chi connectivity index (χ1) is 8.04. The van der Waals surface area contributed by atoms with E-state index in [9.17, 15) is 9.59 Å². The van der Waals surface area contributed by atoms with Crippen molar-refractivity contribution in [2.45, 2.75) is 0 Å². The predicted molar refractivity (Wildman–Crippen MR) is 61.1 cm³/mol. The van der Waals surface area contributed by atoms with E-state index in [1.807, 2.05) is 0 Å². The number of rotatable bonds is 4. The highest BCUT2D eigenvalue weighted by molar-refractivity contribution is 6.68. The van der Waals surface area contributed by atoms with Crippen LogP contribution in [0.2, 0.25) is 0 Å². The van der Waals surface area contributed by atoms with Crippen LogP contribution in [0.4, 0.5) is 0 Å². The van der Waals surface area contributed by atoms with E-state index in [0.717, 1.165) is 0 Å². The fraction of sp³-hybridized carbons (Fsp3) is 0.273. The molecule has 0 aliphatic rings. The maximum Gasteiger partial charge on any atom is 0.338 e. The van der Waals surface area contributed by atoms with Crippen LogP contribution in [-0.2, 0) is 4.74 Å². The molecule has 0 bridgehead atoms. The molecule has 0 aromatic heterocycles. The number of halogens is 1. The van der Waals surface area contributed by atoms with Crippen LogP contribution in [0.1, 0.15) is 20.7 Å². The lowest BCUT2D eigenvalue weighted by Crippen LogP contribution is -2.06. The molecule has 0 heterocycles. The van der Waals surface area contributed by atoms with Crippen LogP contribution in [0, 0.1) is 0 Å². The normalized spacial score (nSPS) is 9.65. The Kier molecular flexibility index (Phi) is 4.34. The van der Waals surface area contributed by atoms with E-state index in [1.165, 1.54) is 33.5 Å². The Labute approximate surface area is 103 Å². The van der Waals surface area contributed by atoms with Crippen molar-refractivity contribution in [1.29, 1.82) is 0 Å². The van der Waals surface area contributed by atoms with Crippen molar-refractivity contribution >= 4 is 22.8 Å². The molecule has 92 valence electrons. The number of esters is 1. The monoisotopic (exact) mass is 258 g/mol. The maximum atomic E-state index is 11.4. The van der Waals surface area contributed by atoms with Crippen molar-refractivity contribution in [3.63, 3.8) is 0 Å². The zero-order chi connectivity index (χ0) is 13.0. The van der Waals surface area contributed by atoms with E-state index >= 15 is 0 Å². The van der Waals surface area contributed by atoms with Gasteiger partial charge >= 0.3 is 5.97 Å². The van der Waals surface area contributed by atoms with Gasteiger partial charge in [-0.1, -0.05) is 0 Å². The SMILES string of the molecule is COC(=O)c1cc(OC)c(C(=O)Cl)c(OC)c1. The average Bonchev–Trinajstić information content (AvgIpc) is 2.35. The van der Waals surface area contributed by atoms with Gasteiger partial charge in [-0.05, 0) is 23.7 Å². The molecule has 0 atom stereocenters. The smallest absolute Gasteiger partial charge is 0.338 e. The van der Waals surface area contributed by atoms with Crippen molar-refractivity contribution < 1.29 is 23.8 Å². The second kappa shape index (κ2) is 5.54. The Bertz CT molecular complexity index is 430. The van der Waals surface area contributed by atoms with Gasteiger partial charge in [-0.25, -0.2) is 4.79 Å². The predicted octanol–water partition coefficient (Wildman–Crippen LogP) is 1.87. The Morgan fingerprint density at radius 2 is 1.53 bits per heavy atom. The van der Waals surface area contributed by atoms with Gasteiger partial charge < -0.3 is 14.2 Å². The van der Waals surface area contributed by atoms with Gasteiger partial charge in [0.25, 0.3) is 5.24 Å². The number of methoxy groups -OCH3 is 3. The second-order valence-electron chi connectivity index (χ2n) is 3.02. The summed E-state index contributed by atoms with van der Waals surface area (Å²) in [5, 5.41) is -0.727. The highest BCUT2D eigenvalue weighted by Gasteiger charge is 2.20. The number of benzene rings is 1. The summed E-state index contributed by atoms with van der Waals surface area (Å²) in [6.07, 6.45) is 0. The van der Waals surface area contributed by atoms with Crippen LogP contribution in [0.3, 0.4) is 0 Å². The molecular formula is C11H11ClO5. The highest BCUT2D eigenvalue weighted by Crippen LogP contribution is 2.32. The summed E-state index contributed by atoms with van der Waals surface area (Å²) in [4.78, 5) is 22.6. The van der Waals surface area contributed by atoms with Crippen molar-refractivity contribution in [3.05, 3.63) is 23.3 Å². The van der Waals surface area contributed by atoms with E-state index in [0.29, 0.717) is 0 Å². The molecule has 0 N–H and O–H groups in total. The summed E-state index contributed by atoms with van der Waals surface area (Å²) in [6.45, 7) is 0. The van der Waals surface area contributed by atoms with Gasteiger partial charge in [-0.2, -0.15) is 0 Å². The zero-order valence-corrected chi connectivity index (χ0v) is 10.3. The number of carbonyl (C=O) groups is 2. The average molecular weight is 259 g/mol. The van der Waals surface area contributed by atoms with Crippen molar-refractivity contribution in [2.24, 2.45) is 0 Å². The Balaban J connectivity index is 3.44. The van der Waals surface area contributed by atoms with Crippen LogP contribution < -0.4 is 9.47 Å². The fourth-order valence-corrected chi connectivity index (χ4v) is 1.53. The lowest BCUT2D eigenvalue weighted by molar-refractivity contribution is 0.0599. The molecule has 0 saturated carbocycles. The van der Waals surface area contributed by atoms with Crippen LogP contribution in [0.25, 0.3) is 0 Å². The number of carbonyl (C=O) groups excluding carboxylic acids is 2. The number of hydrogen-bond acceptors (Lipinski definition) is 5. The molecule has 0 amide bonds. The third kappa shape index (κ3) is 2.68. The molecule has 0 aliphatic heterocycles. The van der Waals surface area contributed by atoms with Gasteiger partial charge in [0.05, 0.1) is 26.9 Å². The summed E-state index contributed by atoms with van der Waals surface area (Å²) < 4.78 is 14.6. The van der Waals surface area contributed by atoms with Crippen LogP contribution in [0.15, 0.2) is 12.1 Å². The van der Waals surface area contributed by atoms with E-state index in [4.69, 9.17) is 21.1 Å². The number of ether oxygens (including phenoxy) is 3. The first kappa shape index (κ1) is 13.3. The number of hydrogen-bond donors (Lipinski definition) is 0. The zero-order valence-electron chi connectivity index (χ0n) is 9.57. The molecule has 0 radical (unpaired) electrons. The minimum absolute atomic E-state index is 0.0734. The summed E-state index contributed by atoms with van der Waals surface area (Å²) in [5.74, 6) is -0.246. The second-order valence-corrected chi connectivity index (χ2v) is 3.36. The van der Waals surface area contributed by atoms with Crippen molar-refractivity contribution in [2.75, 3.05) is 21.3 Å². The summed E-state index contributed by atoms with van der Waals surface area (Å²) in [7, 11) is 3.97. The molecule has 5 nitrogen and oxygen atoms in total. The third-order valence-electron chi connectivity index (χ3n) is 2.12. The highest BCUT2D eigenvalue weighted by atomic mass is 35.5. The van der Waals surface area contributed by atoms with Gasteiger partial charge in [0.2, 0.25) is 0 Å². The summed E-state index contributed by atoms with van der Waals surface area (Å²) in [6, 6.07) is 2.73. The Morgan fingerprint density at radius 1 is 1.06 bits per heavy atom. The van der Waals surface area contributed by atoms with Gasteiger partial charge in [-0.3, -0.25) is 4.79 Å². The first-order valence-electron chi connectivity index (χ1n) is 4.59. The van der Waals surface area contributed by atoms with Crippen molar-refractivity contribution in [1.82, 2.24) is 0 Å². The first-order valence-corrected chi connectivity index (χ1v) is 4.97. The van der Waals surface area contributed by atoms with Gasteiger partial charge in [0, 0.05) is 0 Å². The Morgan fingerprint density at radius 3 is 1.82 bits per heavy atom. The topological polar surface area (TPSA) is 61.8 Å². The lowest BCUT2D eigenvalue weighted by atomic mass is 10.1. The Hall–Kier alpha value is -1.75. The quantitative estimate of drug-likeness (QED) is 0.609. The fourth-order valence-electron chi connectivity index (χ4n) is 1.34. The van der Waals surface area contributed by atoms with E-state index in [2.05, 4.69) is 4.74 Å². The standard InChI is InChI=1S/C11H11ClO5/c1-15-7-4-6(11(14)17-3)5-8(16-2)9(7)10(12)13/h4-5H,1-3H3. The van der Waals surface area contributed by atoms with Crippen LogP contribution in [-0.4, -0.2) is 32.5 Å². The maximum absolute atomic E-state index is 11.4. The van der Waals surface area contributed by atoms with E-state index in [1.54, 1.807) is 0 Å². The van der Waals surface area contributed by atoms with Gasteiger partial charge in [0.15, 0.2) is 0 Å². The summed E-state index contributed by atoms with van der Waals surface area (Å²) in [5.41, 5.74) is 0.284. The van der Waals surface area contributed by atoms with Gasteiger partial charge in [-0.15, -0.1) is 0 Å². The van der Waals surface area contributed by atoms with Gasteiger partial charge in [0.1, 0.15) is 17.1 Å². The molecule has 0 unspecified atom stereocenters. The lowest BCUT2D eigenvalue weighted by Gasteiger charge is -2.11. The molecule has 0 saturated heterocycles. The largest absolute Gasteiger partial charge is 0.496 e. The molecule has 0 spiro atoms. The molecule has 17 heavy (non-hydrogen) atoms. The minimum atomic E-state index is -0.727. The molecule has 1 rings (SSSR count). The summed E-state index contributed by atoms with van der Waals surface area (Å²) >= 11 is 5.42. The van der Waals surface area contributed by atoms with Crippen LogP contribution in [0.5, 0.6) is 11.5 Å². The molecule has 6 heteroatoms. The van der Waals surface area contributed by atoms with E-state index in [-0.39, 0.29) is 22.6 Å². The molecule has 0 fully saturated rings. The molecular weight excluding hydrogens is 248 g/mol. The third-order valence-corrected chi connectivity index (χ3v) is 2.31. The molecule has 1 aromatic carbocycles. The molecule has 0 aliphatic carbocycles. The van der Waals surface area contributed by atoms with Crippen LogP contribution >= 0.6 is 11.6 Å². The van der Waals surface area contributed by atoms with E-state index < -0.39 is 11.2 Å². The molecule has 1 aromatic rings. The minimum Gasteiger partial charge on any atom is -0.496 e. The van der Waals surface area contributed by atoms with Crippen molar-refractivity contribution in [3.8, 4) is 11.5 Å².